The van der Waals surface area contributed by atoms with E-state index < -0.39 is 9.84 Å². The van der Waals surface area contributed by atoms with Gasteiger partial charge in [-0.05, 0) is 42.7 Å². The van der Waals surface area contributed by atoms with Crippen LogP contribution in [0.4, 0.5) is 0 Å². The van der Waals surface area contributed by atoms with Crippen LogP contribution in [-0.4, -0.2) is 19.6 Å². The molecule has 0 radical (unpaired) electrons. The number of carbonyl (C=O) groups excluding carboxylic acids is 1. The van der Waals surface area contributed by atoms with Crippen molar-refractivity contribution in [3.05, 3.63) is 65.7 Å². The first-order valence-electron chi connectivity index (χ1n) is 8.23. The van der Waals surface area contributed by atoms with Crippen molar-refractivity contribution in [2.75, 3.05) is 0 Å². The Morgan fingerprint density at radius 1 is 0.958 bits per heavy atom. The van der Waals surface area contributed by atoms with Gasteiger partial charge in [-0.1, -0.05) is 43.2 Å². The molecule has 1 aliphatic carbocycles. The van der Waals surface area contributed by atoms with Crippen LogP contribution in [0, 0.1) is 0 Å². The predicted octanol–water partition coefficient (Wildman–Crippen LogP) is 3.33. The molecule has 0 spiro atoms. The van der Waals surface area contributed by atoms with Gasteiger partial charge >= 0.3 is 0 Å². The minimum Gasteiger partial charge on any atom is -0.348 e. The zero-order valence-corrected chi connectivity index (χ0v) is 14.3. The first kappa shape index (κ1) is 16.7. The van der Waals surface area contributed by atoms with Crippen molar-refractivity contribution in [2.45, 2.75) is 42.4 Å². The van der Waals surface area contributed by atoms with Gasteiger partial charge in [0.2, 0.25) is 0 Å². The Kier molecular flexibility index (Phi) is 5.00. The SMILES string of the molecule is O=C(NCc1ccc(S(=O)(=O)C2CCCC2)cc1)c1ccccc1. The molecule has 2 aromatic carbocycles. The fourth-order valence-corrected chi connectivity index (χ4v) is 4.92. The maximum atomic E-state index is 12.5. The summed E-state index contributed by atoms with van der Waals surface area (Å²) in [6, 6.07) is 15.9. The normalized spacial score (nSPS) is 15.3. The molecule has 4 nitrogen and oxygen atoms in total. The highest BCUT2D eigenvalue weighted by Crippen LogP contribution is 2.29. The van der Waals surface area contributed by atoms with Crippen LogP contribution in [-0.2, 0) is 16.4 Å². The Morgan fingerprint density at radius 2 is 1.58 bits per heavy atom. The maximum Gasteiger partial charge on any atom is 0.251 e. The van der Waals surface area contributed by atoms with Gasteiger partial charge in [-0.25, -0.2) is 8.42 Å². The topological polar surface area (TPSA) is 63.2 Å². The molecular formula is C19H21NO3S. The Labute approximate surface area is 142 Å². The van der Waals surface area contributed by atoms with Gasteiger partial charge in [0.05, 0.1) is 10.1 Å². The van der Waals surface area contributed by atoms with Gasteiger partial charge in [-0.15, -0.1) is 0 Å². The molecule has 1 fully saturated rings. The summed E-state index contributed by atoms with van der Waals surface area (Å²) in [6.45, 7) is 0.373. The number of benzene rings is 2. The molecule has 1 saturated carbocycles. The van der Waals surface area contributed by atoms with Crippen LogP contribution in [0.5, 0.6) is 0 Å². The van der Waals surface area contributed by atoms with E-state index in [1.165, 1.54) is 0 Å². The van der Waals surface area contributed by atoms with Crippen LogP contribution in [0.15, 0.2) is 59.5 Å². The second kappa shape index (κ2) is 7.18. The van der Waals surface area contributed by atoms with E-state index in [0.29, 0.717) is 17.0 Å². The molecule has 0 aromatic heterocycles. The average molecular weight is 343 g/mol. The summed E-state index contributed by atoms with van der Waals surface area (Å²) in [6.07, 6.45) is 3.51. The molecule has 1 aliphatic rings. The van der Waals surface area contributed by atoms with E-state index in [4.69, 9.17) is 0 Å². The van der Waals surface area contributed by atoms with E-state index in [2.05, 4.69) is 5.32 Å². The Hall–Kier alpha value is -2.14. The molecule has 126 valence electrons. The molecule has 0 bridgehead atoms. The van der Waals surface area contributed by atoms with Crippen LogP contribution < -0.4 is 5.32 Å². The van der Waals surface area contributed by atoms with Gasteiger partial charge in [-0.3, -0.25) is 4.79 Å². The summed E-state index contributed by atoms with van der Waals surface area (Å²) in [5.74, 6) is -0.141. The number of hydrogen-bond donors (Lipinski definition) is 1. The van der Waals surface area contributed by atoms with E-state index in [9.17, 15) is 13.2 Å². The highest BCUT2D eigenvalue weighted by Gasteiger charge is 2.29. The minimum atomic E-state index is -3.22. The molecule has 1 N–H and O–H groups in total. The van der Waals surface area contributed by atoms with Gasteiger partial charge in [0.15, 0.2) is 9.84 Å². The van der Waals surface area contributed by atoms with Crippen LogP contribution in [0.1, 0.15) is 41.6 Å². The van der Waals surface area contributed by atoms with Crippen molar-refractivity contribution in [3.8, 4) is 0 Å². The van der Waals surface area contributed by atoms with Crippen molar-refractivity contribution in [3.63, 3.8) is 0 Å². The molecule has 1 amide bonds. The van der Waals surface area contributed by atoms with E-state index in [-0.39, 0.29) is 11.2 Å². The van der Waals surface area contributed by atoms with Crippen LogP contribution in [0.25, 0.3) is 0 Å². The molecule has 0 aliphatic heterocycles. The van der Waals surface area contributed by atoms with E-state index in [0.717, 1.165) is 31.2 Å². The number of amides is 1. The highest BCUT2D eigenvalue weighted by atomic mass is 32.2. The minimum absolute atomic E-state index is 0.141. The van der Waals surface area contributed by atoms with Crippen molar-refractivity contribution in [2.24, 2.45) is 0 Å². The second-order valence-corrected chi connectivity index (χ2v) is 8.37. The third-order valence-electron chi connectivity index (χ3n) is 4.48. The zero-order chi connectivity index (χ0) is 17.0. The molecule has 0 unspecified atom stereocenters. The van der Waals surface area contributed by atoms with Crippen LogP contribution in [0.3, 0.4) is 0 Å². The summed E-state index contributed by atoms with van der Waals surface area (Å²) in [7, 11) is -3.22. The lowest BCUT2D eigenvalue weighted by atomic mass is 10.2. The van der Waals surface area contributed by atoms with Crippen molar-refractivity contribution < 1.29 is 13.2 Å². The second-order valence-electron chi connectivity index (χ2n) is 6.14. The molecule has 0 saturated heterocycles. The summed E-state index contributed by atoms with van der Waals surface area (Å²) in [5, 5.41) is 2.61. The smallest absolute Gasteiger partial charge is 0.251 e. The first-order chi connectivity index (χ1) is 11.6. The molecular weight excluding hydrogens is 322 g/mol. The Morgan fingerprint density at radius 3 is 2.21 bits per heavy atom. The Bertz CT molecular complexity index is 792. The van der Waals surface area contributed by atoms with Crippen molar-refractivity contribution >= 4 is 15.7 Å². The number of sulfone groups is 1. The summed E-state index contributed by atoms with van der Waals surface area (Å²) < 4.78 is 25.1. The van der Waals surface area contributed by atoms with Gasteiger partial charge in [0.1, 0.15) is 0 Å². The fraction of sp³-hybridized carbons (Fsp3) is 0.316. The van der Waals surface area contributed by atoms with Gasteiger partial charge in [-0.2, -0.15) is 0 Å². The van der Waals surface area contributed by atoms with Crippen molar-refractivity contribution in [1.82, 2.24) is 5.32 Å². The summed E-state index contributed by atoms with van der Waals surface area (Å²) >= 11 is 0. The number of rotatable bonds is 5. The molecule has 3 rings (SSSR count). The lowest BCUT2D eigenvalue weighted by Gasteiger charge is -2.12. The zero-order valence-electron chi connectivity index (χ0n) is 13.4. The van der Waals surface area contributed by atoms with Crippen molar-refractivity contribution in [1.29, 1.82) is 0 Å². The first-order valence-corrected chi connectivity index (χ1v) is 9.78. The molecule has 24 heavy (non-hydrogen) atoms. The van der Waals surface area contributed by atoms with Gasteiger partial charge < -0.3 is 5.32 Å². The van der Waals surface area contributed by atoms with E-state index >= 15 is 0 Å². The van der Waals surface area contributed by atoms with Gasteiger partial charge in [0, 0.05) is 12.1 Å². The third kappa shape index (κ3) is 3.67. The van der Waals surface area contributed by atoms with Gasteiger partial charge in [0.25, 0.3) is 5.91 Å². The average Bonchev–Trinajstić information content (AvgIpc) is 3.16. The number of nitrogens with one attached hydrogen (secondary N) is 1. The monoisotopic (exact) mass is 343 g/mol. The standard InChI is InChI=1S/C19H21NO3S/c21-19(16-6-2-1-3-7-16)20-14-15-10-12-18(13-11-15)24(22,23)17-8-4-5-9-17/h1-3,6-7,10-13,17H,4-5,8-9,14H2,(H,20,21). The quantitative estimate of drug-likeness (QED) is 0.906. The van der Waals surface area contributed by atoms with Crippen LogP contribution in [0.2, 0.25) is 0 Å². The number of carbonyl (C=O) groups is 1. The maximum absolute atomic E-state index is 12.5. The molecule has 0 atom stereocenters. The highest BCUT2D eigenvalue weighted by molar-refractivity contribution is 7.92. The summed E-state index contributed by atoms with van der Waals surface area (Å²) in [4.78, 5) is 12.4. The van der Waals surface area contributed by atoms with E-state index in [1.54, 1.807) is 36.4 Å². The number of hydrogen-bond acceptors (Lipinski definition) is 3. The lowest BCUT2D eigenvalue weighted by Crippen LogP contribution is -2.22. The fourth-order valence-electron chi connectivity index (χ4n) is 3.06. The lowest BCUT2D eigenvalue weighted by molar-refractivity contribution is 0.0951. The van der Waals surface area contributed by atoms with Crippen LogP contribution >= 0.6 is 0 Å². The third-order valence-corrected chi connectivity index (χ3v) is 6.76. The van der Waals surface area contributed by atoms with E-state index in [1.807, 2.05) is 18.2 Å². The largest absolute Gasteiger partial charge is 0.348 e. The summed E-state index contributed by atoms with van der Waals surface area (Å²) in [5.41, 5.74) is 1.49. The molecule has 5 heteroatoms. The molecule has 0 heterocycles. The predicted molar refractivity (Wildman–Crippen MR) is 93.5 cm³/mol. The Balaban J connectivity index is 1.63. The molecule has 2 aromatic rings.